The lowest BCUT2D eigenvalue weighted by Crippen LogP contribution is -2.59. The second-order valence-corrected chi connectivity index (χ2v) is 10.1. The Kier molecular flexibility index (Phi) is 4.11. The molecule has 158 valence electrons. The van der Waals surface area contributed by atoms with Gasteiger partial charge in [0, 0.05) is 11.1 Å². The van der Waals surface area contributed by atoms with Crippen molar-refractivity contribution in [1.29, 1.82) is 0 Å². The standard InChI is InChI=1S/C26H26N2O3/c29-23(27-26-12-17-8-18(13-26)10-19(9-17)14-26)20-5-3-4-16(11-20)15-28-24(30)21-6-1-2-7-22(21)25(28)31/h1-7,11,17-19H,8-10,12-15H2,(H,27,29). The first-order valence-corrected chi connectivity index (χ1v) is 11.4. The molecule has 1 heterocycles. The van der Waals surface area contributed by atoms with Gasteiger partial charge in [-0.25, -0.2) is 0 Å². The monoisotopic (exact) mass is 414 g/mol. The van der Waals surface area contributed by atoms with E-state index in [1.54, 1.807) is 24.3 Å². The highest BCUT2D eigenvalue weighted by Gasteiger charge is 2.51. The number of hydrogen-bond donors (Lipinski definition) is 1. The molecule has 0 radical (unpaired) electrons. The van der Waals surface area contributed by atoms with Crippen LogP contribution in [-0.2, 0) is 6.54 Å². The predicted octanol–water partition coefficient (Wildman–Crippen LogP) is 4.18. The molecule has 0 spiro atoms. The van der Waals surface area contributed by atoms with Gasteiger partial charge in [0.1, 0.15) is 0 Å². The fourth-order valence-corrected chi connectivity index (χ4v) is 6.95. The normalized spacial score (nSPS) is 30.6. The predicted molar refractivity (Wildman–Crippen MR) is 115 cm³/mol. The summed E-state index contributed by atoms with van der Waals surface area (Å²) in [7, 11) is 0. The van der Waals surface area contributed by atoms with Crippen molar-refractivity contribution in [2.24, 2.45) is 17.8 Å². The first kappa shape index (κ1) is 18.8. The largest absolute Gasteiger partial charge is 0.347 e. The fraction of sp³-hybridized carbons (Fsp3) is 0.423. The molecule has 4 aliphatic carbocycles. The molecule has 0 unspecified atom stereocenters. The van der Waals surface area contributed by atoms with Gasteiger partial charge in [-0.05, 0) is 86.1 Å². The smallest absolute Gasteiger partial charge is 0.261 e. The van der Waals surface area contributed by atoms with Crippen molar-refractivity contribution in [2.75, 3.05) is 0 Å². The third kappa shape index (κ3) is 3.10. The van der Waals surface area contributed by atoms with Crippen molar-refractivity contribution in [3.63, 3.8) is 0 Å². The van der Waals surface area contributed by atoms with Crippen molar-refractivity contribution >= 4 is 17.7 Å². The van der Waals surface area contributed by atoms with E-state index in [0.29, 0.717) is 16.7 Å². The molecule has 2 aromatic carbocycles. The van der Waals surface area contributed by atoms with E-state index in [-0.39, 0.29) is 29.8 Å². The van der Waals surface area contributed by atoms with Gasteiger partial charge in [-0.3, -0.25) is 19.3 Å². The second kappa shape index (κ2) is 6.78. The van der Waals surface area contributed by atoms with Crippen molar-refractivity contribution in [3.05, 3.63) is 70.8 Å². The van der Waals surface area contributed by atoms with Crippen molar-refractivity contribution in [1.82, 2.24) is 10.2 Å². The molecule has 5 nitrogen and oxygen atoms in total. The number of carbonyl (C=O) groups is 3. The lowest BCUT2D eigenvalue weighted by Gasteiger charge is -2.56. The van der Waals surface area contributed by atoms with E-state index in [9.17, 15) is 14.4 Å². The summed E-state index contributed by atoms with van der Waals surface area (Å²) in [6, 6.07) is 14.2. The molecule has 0 saturated heterocycles. The highest BCUT2D eigenvalue weighted by Crippen LogP contribution is 2.55. The van der Waals surface area contributed by atoms with Gasteiger partial charge in [-0.1, -0.05) is 24.3 Å². The molecule has 7 rings (SSSR count). The Balaban J connectivity index is 1.19. The number of imide groups is 1. The third-order valence-corrected chi connectivity index (χ3v) is 7.82. The zero-order valence-electron chi connectivity index (χ0n) is 17.5. The first-order valence-electron chi connectivity index (χ1n) is 11.4. The zero-order valence-corrected chi connectivity index (χ0v) is 17.5. The first-order chi connectivity index (χ1) is 15.0. The van der Waals surface area contributed by atoms with Crippen molar-refractivity contribution in [3.8, 4) is 0 Å². The molecule has 5 heteroatoms. The number of carbonyl (C=O) groups excluding carboxylic acids is 3. The number of fused-ring (bicyclic) bond motifs is 1. The summed E-state index contributed by atoms with van der Waals surface area (Å²) in [6.07, 6.45) is 7.35. The summed E-state index contributed by atoms with van der Waals surface area (Å²) in [6.45, 7) is 0.171. The molecular weight excluding hydrogens is 388 g/mol. The fourth-order valence-electron chi connectivity index (χ4n) is 6.95. The Morgan fingerprint density at radius 3 is 2.03 bits per heavy atom. The van der Waals surface area contributed by atoms with Crippen LogP contribution in [0.15, 0.2) is 48.5 Å². The van der Waals surface area contributed by atoms with E-state index in [4.69, 9.17) is 0 Å². The summed E-state index contributed by atoms with van der Waals surface area (Å²) in [5, 5.41) is 3.41. The molecule has 4 bridgehead atoms. The molecule has 1 aliphatic heterocycles. The Bertz CT molecular complexity index is 1040. The maximum absolute atomic E-state index is 13.2. The molecule has 31 heavy (non-hydrogen) atoms. The summed E-state index contributed by atoms with van der Waals surface area (Å²) in [5.41, 5.74) is 2.24. The molecule has 1 N–H and O–H groups in total. The van der Waals surface area contributed by atoms with Gasteiger partial charge in [0.05, 0.1) is 17.7 Å². The second-order valence-electron chi connectivity index (χ2n) is 10.1. The maximum Gasteiger partial charge on any atom is 0.261 e. The molecule has 4 saturated carbocycles. The highest BCUT2D eigenvalue weighted by atomic mass is 16.2. The third-order valence-electron chi connectivity index (χ3n) is 7.82. The number of hydrogen-bond acceptors (Lipinski definition) is 3. The van der Waals surface area contributed by atoms with Gasteiger partial charge < -0.3 is 5.32 Å². The van der Waals surface area contributed by atoms with Crippen LogP contribution in [0, 0.1) is 17.8 Å². The summed E-state index contributed by atoms with van der Waals surface area (Å²) >= 11 is 0. The van der Waals surface area contributed by atoms with Gasteiger partial charge >= 0.3 is 0 Å². The van der Waals surface area contributed by atoms with Crippen LogP contribution in [0.3, 0.4) is 0 Å². The summed E-state index contributed by atoms with van der Waals surface area (Å²) in [4.78, 5) is 39.8. The van der Waals surface area contributed by atoms with Gasteiger partial charge in [-0.15, -0.1) is 0 Å². The van der Waals surface area contributed by atoms with Crippen LogP contribution in [0.5, 0.6) is 0 Å². The van der Waals surface area contributed by atoms with E-state index in [2.05, 4.69) is 5.32 Å². The van der Waals surface area contributed by atoms with Crippen molar-refractivity contribution in [2.45, 2.75) is 50.6 Å². The molecule has 5 aliphatic rings. The Morgan fingerprint density at radius 1 is 0.871 bits per heavy atom. The molecule has 4 fully saturated rings. The molecular formula is C26H26N2O3. The minimum atomic E-state index is -0.274. The topological polar surface area (TPSA) is 66.5 Å². The van der Waals surface area contributed by atoms with E-state index in [0.717, 1.165) is 42.6 Å². The van der Waals surface area contributed by atoms with E-state index in [1.165, 1.54) is 24.2 Å². The Morgan fingerprint density at radius 2 is 1.45 bits per heavy atom. The number of rotatable bonds is 4. The van der Waals surface area contributed by atoms with E-state index < -0.39 is 0 Å². The highest BCUT2D eigenvalue weighted by molar-refractivity contribution is 6.21. The quantitative estimate of drug-likeness (QED) is 0.763. The molecule has 3 amide bonds. The SMILES string of the molecule is O=C(NC12CC3CC(CC(C3)C1)C2)c1cccc(CN2C(=O)c3ccccc3C2=O)c1. The van der Waals surface area contributed by atoms with Crippen LogP contribution in [0.1, 0.15) is 75.2 Å². The number of nitrogens with zero attached hydrogens (tertiary/aromatic N) is 1. The van der Waals surface area contributed by atoms with Gasteiger partial charge in [0.15, 0.2) is 0 Å². The number of nitrogens with one attached hydrogen (secondary N) is 1. The molecule has 0 aromatic heterocycles. The summed E-state index contributed by atoms with van der Waals surface area (Å²) in [5.74, 6) is 1.73. The Labute approximate surface area is 181 Å². The van der Waals surface area contributed by atoms with Crippen LogP contribution in [0.2, 0.25) is 0 Å². The number of benzene rings is 2. The van der Waals surface area contributed by atoms with Crippen LogP contribution in [-0.4, -0.2) is 28.2 Å². The average molecular weight is 415 g/mol. The van der Waals surface area contributed by atoms with Crippen LogP contribution < -0.4 is 5.32 Å². The molecule has 0 atom stereocenters. The lowest BCUT2D eigenvalue weighted by atomic mass is 9.53. The van der Waals surface area contributed by atoms with Gasteiger partial charge in [0.25, 0.3) is 17.7 Å². The maximum atomic E-state index is 13.2. The Hall–Kier alpha value is -2.95. The zero-order chi connectivity index (χ0) is 21.2. The minimum absolute atomic E-state index is 0.0360. The van der Waals surface area contributed by atoms with Crippen molar-refractivity contribution < 1.29 is 14.4 Å². The number of amides is 3. The summed E-state index contributed by atoms with van der Waals surface area (Å²) < 4.78 is 0. The average Bonchev–Trinajstić information content (AvgIpc) is 2.98. The van der Waals surface area contributed by atoms with E-state index in [1.807, 2.05) is 24.3 Å². The lowest BCUT2D eigenvalue weighted by molar-refractivity contribution is -0.0167. The molecule has 2 aromatic rings. The van der Waals surface area contributed by atoms with Crippen LogP contribution >= 0.6 is 0 Å². The van der Waals surface area contributed by atoms with Gasteiger partial charge in [-0.2, -0.15) is 0 Å². The van der Waals surface area contributed by atoms with E-state index >= 15 is 0 Å². The minimum Gasteiger partial charge on any atom is -0.347 e. The van der Waals surface area contributed by atoms with Crippen LogP contribution in [0.4, 0.5) is 0 Å². The van der Waals surface area contributed by atoms with Gasteiger partial charge in [0.2, 0.25) is 0 Å². The van der Waals surface area contributed by atoms with Crippen LogP contribution in [0.25, 0.3) is 0 Å².